The SMILES string of the molecule is Cc1[cH-]c2ccccc2c1C.Cc1cc2c(-c3ccccc3)cccc2[cH-]1.Cc1cc2c(-c3ccccc3)cccc2[cH-]1.[Zr+3]. The first-order chi connectivity index (χ1) is 21.0. The van der Waals surface area contributed by atoms with E-state index in [-0.39, 0.29) is 26.2 Å². The molecule has 0 saturated carbocycles. The van der Waals surface area contributed by atoms with Gasteiger partial charge in [0.1, 0.15) is 0 Å². The number of fused-ring (bicyclic) bond motifs is 3. The Labute approximate surface area is 280 Å². The van der Waals surface area contributed by atoms with Crippen LogP contribution in [0.1, 0.15) is 22.3 Å². The molecule has 0 bridgehead atoms. The van der Waals surface area contributed by atoms with Gasteiger partial charge in [-0.05, 0) is 11.1 Å². The molecule has 0 saturated heterocycles. The smallest absolute Gasteiger partial charge is 0.165 e. The molecule has 0 N–H and O–H groups in total. The van der Waals surface area contributed by atoms with Crippen molar-refractivity contribution in [2.75, 3.05) is 0 Å². The monoisotopic (exact) mass is 643 g/mol. The van der Waals surface area contributed by atoms with Crippen LogP contribution in [0.2, 0.25) is 0 Å². The molecule has 0 fully saturated rings. The van der Waals surface area contributed by atoms with Crippen LogP contribution in [0.3, 0.4) is 0 Å². The second-order valence-electron chi connectivity index (χ2n) is 11.5. The van der Waals surface area contributed by atoms with Crippen molar-refractivity contribution in [3.63, 3.8) is 0 Å². The fourth-order valence-corrected chi connectivity index (χ4v) is 6.03. The van der Waals surface area contributed by atoms with Crippen LogP contribution in [0.25, 0.3) is 54.6 Å². The summed E-state index contributed by atoms with van der Waals surface area (Å²) >= 11 is 0. The Kier molecular flexibility index (Phi) is 9.99. The molecule has 213 valence electrons. The minimum Gasteiger partial charge on any atom is -0.165 e. The van der Waals surface area contributed by atoms with Gasteiger partial charge in [0.2, 0.25) is 0 Å². The Hall–Kier alpha value is -4.19. The molecule has 0 heterocycles. The summed E-state index contributed by atoms with van der Waals surface area (Å²) in [7, 11) is 0. The van der Waals surface area contributed by atoms with Crippen molar-refractivity contribution in [3.8, 4) is 22.3 Å². The molecule has 8 rings (SSSR count). The van der Waals surface area contributed by atoms with Crippen molar-refractivity contribution >= 4 is 32.3 Å². The molecular formula is C43H37Zr. The number of benzene rings is 5. The van der Waals surface area contributed by atoms with E-state index in [1.807, 2.05) is 0 Å². The standard InChI is InChI=1S/2C16H13.C11H11.Zr/c2*1-12-10-14-8-5-9-15(16(14)11-12)13-6-3-2-4-7-13;1-8-7-10-5-3-4-6-11(10)9(8)2;/h2*2-11H,1H3;3-7H,1-2H3;/q3*-1;+3. The third-order valence-electron chi connectivity index (χ3n) is 8.29. The van der Waals surface area contributed by atoms with E-state index in [1.165, 1.54) is 76.8 Å². The number of hydrogen-bond donors (Lipinski definition) is 0. The molecule has 1 heteroatoms. The maximum absolute atomic E-state index is 2.26. The van der Waals surface area contributed by atoms with Gasteiger partial charge in [0.25, 0.3) is 0 Å². The first-order valence-corrected chi connectivity index (χ1v) is 15.0. The van der Waals surface area contributed by atoms with Crippen LogP contribution in [-0.4, -0.2) is 0 Å². The zero-order valence-electron chi connectivity index (χ0n) is 25.9. The van der Waals surface area contributed by atoms with E-state index in [9.17, 15) is 0 Å². The third-order valence-corrected chi connectivity index (χ3v) is 8.29. The molecule has 44 heavy (non-hydrogen) atoms. The molecule has 0 unspecified atom stereocenters. The molecule has 0 aliphatic heterocycles. The zero-order valence-corrected chi connectivity index (χ0v) is 28.4. The summed E-state index contributed by atoms with van der Waals surface area (Å²) in [6.07, 6.45) is 0. The fourth-order valence-electron chi connectivity index (χ4n) is 6.03. The van der Waals surface area contributed by atoms with Crippen LogP contribution >= 0.6 is 0 Å². The molecule has 0 aliphatic rings. The molecule has 0 spiro atoms. The van der Waals surface area contributed by atoms with Gasteiger partial charge in [-0.3, -0.25) is 0 Å². The first kappa shape index (κ1) is 31.2. The minimum absolute atomic E-state index is 0. The van der Waals surface area contributed by atoms with E-state index >= 15 is 0 Å². The topological polar surface area (TPSA) is 0 Å². The van der Waals surface area contributed by atoms with Crippen molar-refractivity contribution < 1.29 is 26.2 Å². The van der Waals surface area contributed by atoms with Crippen molar-refractivity contribution in [3.05, 3.63) is 174 Å². The molecule has 8 aromatic carbocycles. The number of hydrogen-bond acceptors (Lipinski definition) is 0. The van der Waals surface area contributed by atoms with Crippen LogP contribution < -0.4 is 0 Å². The summed E-state index contributed by atoms with van der Waals surface area (Å²) in [6, 6.07) is 53.9. The summed E-state index contributed by atoms with van der Waals surface area (Å²) in [5.74, 6) is 0. The van der Waals surface area contributed by atoms with Gasteiger partial charge in [-0.2, -0.15) is 17.7 Å². The van der Waals surface area contributed by atoms with Crippen LogP contribution in [0.15, 0.2) is 152 Å². The Morgan fingerprint density at radius 3 is 1.27 bits per heavy atom. The van der Waals surface area contributed by atoms with Gasteiger partial charge in [-0.25, -0.2) is 0 Å². The summed E-state index contributed by atoms with van der Waals surface area (Å²) in [4.78, 5) is 0. The van der Waals surface area contributed by atoms with E-state index in [1.54, 1.807) is 0 Å². The number of rotatable bonds is 2. The maximum Gasteiger partial charge on any atom is 3.00 e. The molecule has 8 aromatic rings. The average Bonchev–Trinajstić information content (AvgIpc) is 3.71. The Morgan fingerprint density at radius 2 is 0.795 bits per heavy atom. The minimum atomic E-state index is 0. The molecule has 0 aliphatic carbocycles. The van der Waals surface area contributed by atoms with Crippen LogP contribution in [0.4, 0.5) is 0 Å². The third kappa shape index (κ3) is 6.80. The van der Waals surface area contributed by atoms with Crippen molar-refractivity contribution in [1.29, 1.82) is 0 Å². The summed E-state index contributed by atoms with van der Waals surface area (Å²) in [5, 5.41) is 8.13. The molecular weight excluding hydrogens is 608 g/mol. The molecule has 0 nitrogen and oxygen atoms in total. The molecule has 0 amide bonds. The fraction of sp³-hybridized carbons (Fsp3) is 0.0930. The van der Waals surface area contributed by atoms with E-state index < -0.39 is 0 Å². The summed E-state index contributed by atoms with van der Waals surface area (Å²) in [5.41, 5.74) is 10.7. The first-order valence-electron chi connectivity index (χ1n) is 15.0. The predicted molar refractivity (Wildman–Crippen MR) is 188 cm³/mol. The van der Waals surface area contributed by atoms with Crippen LogP contribution in [0, 0.1) is 27.7 Å². The Balaban J connectivity index is 0.000000132. The van der Waals surface area contributed by atoms with Gasteiger partial charge in [0.15, 0.2) is 0 Å². The number of aryl methyl sites for hydroxylation is 4. The predicted octanol–water partition coefficient (Wildman–Crippen LogP) is 12.2. The summed E-state index contributed by atoms with van der Waals surface area (Å²) < 4.78 is 0. The largest absolute Gasteiger partial charge is 3.00 e. The molecule has 1 radical (unpaired) electrons. The second-order valence-corrected chi connectivity index (χ2v) is 11.5. The molecule has 0 aromatic heterocycles. The van der Waals surface area contributed by atoms with E-state index in [0.717, 1.165) is 0 Å². The van der Waals surface area contributed by atoms with Crippen molar-refractivity contribution in [2.45, 2.75) is 27.7 Å². The zero-order chi connectivity index (χ0) is 29.8. The quantitative estimate of drug-likeness (QED) is 0.164. The summed E-state index contributed by atoms with van der Waals surface area (Å²) in [6.45, 7) is 8.64. The van der Waals surface area contributed by atoms with E-state index in [2.05, 4.69) is 179 Å². The van der Waals surface area contributed by atoms with Crippen LogP contribution in [-0.2, 0) is 26.2 Å². The average molecular weight is 645 g/mol. The van der Waals surface area contributed by atoms with Crippen molar-refractivity contribution in [1.82, 2.24) is 0 Å². The Bertz CT molecular complexity index is 1980. The maximum atomic E-state index is 2.26. The van der Waals surface area contributed by atoms with E-state index in [0.29, 0.717) is 0 Å². The van der Waals surface area contributed by atoms with Crippen molar-refractivity contribution in [2.24, 2.45) is 0 Å². The van der Waals surface area contributed by atoms with Gasteiger partial charge in [0, 0.05) is 0 Å². The van der Waals surface area contributed by atoms with Gasteiger partial charge >= 0.3 is 26.2 Å². The normalized spacial score (nSPS) is 10.5. The molecule has 0 atom stereocenters. The van der Waals surface area contributed by atoms with E-state index in [4.69, 9.17) is 0 Å². The van der Waals surface area contributed by atoms with Gasteiger partial charge in [-0.1, -0.05) is 118 Å². The second kappa shape index (κ2) is 14.1. The van der Waals surface area contributed by atoms with Gasteiger partial charge < -0.3 is 0 Å². The van der Waals surface area contributed by atoms with Gasteiger partial charge in [-0.15, -0.1) is 110 Å². The Morgan fingerprint density at radius 1 is 0.386 bits per heavy atom. The van der Waals surface area contributed by atoms with Gasteiger partial charge in [0.05, 0.1) is 0 Å². The van der Waals surface area contributed by atoms with Crippen LogP contribution in [0.5, 0.6) is 0 Å².